The van der Waals surface area contributed by atoms with Gasteiger partial charge < -0.3 is 0 Å². The van der Waals surface area contributed by atoms with Crippen LogP contribution in [0.15, 0.2) is 0 Å². The Morgan fingerprint density at radius 3 is 0.644 bits per heavy atom. The van der Waals surface area contributed by atoms with E-state index in [0.29, 0.717) is 30.1 Å². The van der Waals surface area contributed by atoms with E-state index in [-0.39, 0.29) is 39.5 Å². The van der Waals surface area contributed by atoms with Crippen LogP contribution in [-0.4, -0.2) is 55.6 Å². The van der Waals surface area contributed by atoms with E-state index < -0.39 is 111 Å². The Bertz CT molecular complexity index is 1390. The van der Waals surface area contributed by atoms with Gasteiger partial charge in [-0.1, -0.05) is 216 Å². The number of unbranched alkanes of at least 4 members (excludes halogenated alkanes) is 5. The molecule has 0 spiro atoms. The summed E-state index contributed by atoms with van der Waals surface area (Å²) < 4.78 is 313. The molecule has 0 saturated heterocycles. The summed E-state index contributed by atoms with van der Waals surface area (Å²) in [5.41, 5.74) is -2.54. The number of rotatable bonds is 16. The van der Waals surface area contributed by atoms with Crippen LogP contribution in [0, 0.1) is 51.8 Å². The van der Waals surface area contributed by atoms with Crippen LogP contribution in [0.2, 0.25) is 0 Å². The maximum atomic E-state index is 11.7. The van der Waals surface area contributed by atoms with Crippen LogP contribution >= 0.6 is 0 Å². The third-order valence-electron chi connectivity index (χ3n) is 12.7. The van der Waals surface area contributed by atoms with Gasteiger partial charge in [-0.2, -0.15) is 119 Å². The second kappa shape index (κ2) is 50.6. The smallest absolute Gasteiger partial charge is 0.171 e. The van der Waals surface area contributed by atoms with Crippen LogP contribution in [0.5, 0.6) is 0 Å². The fourth-order valence-electron chi connectivity index (χ4n) is 3.72. The Labute approximate surface area is 506 Å². The molecule has 0 aliphatic carbocycles. The SMILES string of the molecule is CC(C)(C(F)(F)F)C(F)(F)F.CC(C)C(C)C.CC(CCC(F)(F)F)C(F)(F)F.CCC(C)(C)C.CCC(C)(C)C.CCC(C)CC.CCCC(C(F)(F)F)C(F)(F)F.CCCC(C)C(F)(F)F.CCCCCC(F)(F)F.CCCCCCC(F)(F)F. The van der Waals surface area contributed by atoms with Crippen molar-refractivity contribution in [3.8, 4) is 0 Å². The van der Waals surface area contributed by atoms with Gasteiger partial charge in [0, 0.05) is 19.3 Å². The highest BCUT2D eigenvalue weighted by Gasteiger charge is 2.64. The average Bonchev–Trinajstić information content (AvgIpc) is 3.29. The number of hydrogen-bond donors (Lipinski definition) is 0. The minimum Gasteiger partial charge on any atom is -0.171 e. The van der Waals surface area contributed by atoms with Crippen molar-refractivity contribution in [3.63, 3.8) is 0 Å². The van der Waals surface area contributed by atoms with E-state index in [9.17, 15) is 119 Å². The fraction of sp³-hybridized carbons (Fsp3) is 1.00. The van der Waals surface area contributed by atoms with E-state index in [1.807, 2.05) is 13.8 Å². The van der Waals surface area contributed by atoms with Crippen LogP contribution in [0.3, 0.4) is 0 Å². The largest absolute Gasteiger partial charge is 0.402 e. The van der Waals surface area contributed by atoms with Gasteiger partial charge in [0.25, 0.3) is 0 Å². The molecule has 0 nitrogen and oxygen atoms in total. The van der Waals surface area contributed by atoms with Gasteiger partial charge in [0.15, 0.2) is 11.3 Å². The van der Waals surface area contributed by atoms with Crippen molar-refractivity contribution in [1.82, 2.24) is 0 Å². The lowest BCUT2D eigenvalue weighted by molar-refractivity contribution is -0.327. The summed E-state index contributed by atoms with van der Waals surface area (Å²) in [7, 11) is 0. The first kappa shape index (κ1) is 107. The zero-order valence-corrected chi connectivity index (χ0v) is 56.1. The Balaban J connectivity index is -0.0000000957. The minimum atomic E-state index is -5.24. The predicted molar refractivity (Wildman–Crippen MR) is 301 cm³/mol. The lowest BCUT2D eigenvalue weighted by atomic mass is 9.92. The van der Waals surface area contributed by atoms with Crippen molar-refractivity contribution < 1.29 is 119 Å². The maximum absolute atomic E-state index is 11.7. The zero-order valence-electron chi connectivity index (χ0n) is 56.1. The van der Waals surface area contributed by atoms with E-state index in [0.717, 1.165) is 43.9 Å². The van der Waals surface area contributed by atoms with Crippen molar-refractivity contribution in [2.45, 2.75) is 337 Å². The molecule has 0 aliphatic rings. The van der Waals surface area contributed by atoms with E-state index in [4.69, 9.17) is 0 Å². The molecule has 0 heterocycles. The number of alkyl halides is 27. The average molecular weight is 1350 g/mol. The van der Waals surface area contributed by atoms with E-state index in [2.05, 4.69) is 104 Å². The second-order valence-electron chi connectivity index (χ2n) is 24.6. The lowest BCUT2D eigenvalue weighted by Gasteiger charge is -2.29. The third-order valence-corrected chi connectivity index (χ3v) is 12.7. The Morgan fingerprint density at radius 2 is 0.517 bits per heavy atom. The van der Waals surface area contributed by atoms with Crippen molar-refractivity contribution in [2.75, 3.05) is 0 Å². The topological polar surface area (TPSA) is 0 Å². The van der Waals surface area contributed by atoms with Crippen LogP contribution in [0.4, 0.5) is 119 Å². The molecule has 0 fully saturated rings. The second-order valence-corrected chi connectivity index (χ2v) is 24.6. The summed E-state index contributed by atoms with van der Waals surface area (Å²) in [5.74, 6) is -3.56. The highest BCUT2D eigenvalue weighted by atomic mass is 19.4. The molecule has 87 heavy (non-hydrogen) atoms. The highest BCUT2D eigenvalue weighted by molar-refractivity contribution is 4.84. The van der Waals surface area contributed by atoms with Gasteiger partial charge in [-0.25, -0.2) is 0 Å². The number of halogens is 27. The van der Waals surface area contributed by atoms with E-state index >= 15 is 0 Å². The zero-order chi connectivity index (χ0) is 72.9. The van der Waals surface area contributed by atoms with Gasteiger partial charge in [0.1, 0.15) is 0 Å². The molecule has 0 rings (SSSR count). The van der Waals surface area contributed by atoms with Crippen LogP contribution in [-0.2, 0) is 0 Å². The molecular formula is C60H113F27. The van der Waals surface area contributed by atoms with Crippen molar-refractivity contribution in [2.24, 2.45) is 51.8 Å². The Kier molecular flexibility index (Phi) is 62.1. The summed E-state index contributed by atoms with van der Waals surface area (Å²) in [6.45, 7) is 42.6. The van der Waals surface area contributed by atoms with Crippen LogP contribution in [0.1, 0.15) is 281 Å². The molecule has 0 aliphatic heterocycles. The van der Waals surface area contributed by atoms with Gasteiger partial charge in [-0.3, -0.25) is 0 Å². The molecular weight excluding hydrogens is 1230 g/mol. The molecule has 0 aromatic carbocycles. The normalized spacial score (nSPS) is 13.4. The molecule has 542 valence electrons. The summed E-state index contributed by atoms with van der Waals surface area (Å²) in [6.07, 6.45) is -35.6. The highest BCUT2D eigenvalue weighted by Crippen LogP contribution is 2.49. The minimum absolute atomic E-state index is 0.104. The summed E-state index contributed by atoms with van der Waals surface area (Å²) in [4.78, 5) is 0. The first-order chi connectivity index (χ1) is 38.0. The van der Waals surface area contributed by atoms with Crippen LogP contribution < -0.4 is 0 Å². The number of hydrogen-bond acceptors (Lipinski definition) is 0. The van der Waals surface area contributed by atoms with Gasteiger partial charge >= 0.3 is 55.6 Å². The van der Waals surface area contributed by atoms with Gasteiger partial charge in [0.2, 0.25) is 0 Å². The third kappa shape index (κ3) is 90.6. The first-order valence-corrected chi connectivity index (χ1v) is 29.6. The quantitative estimate of drug-likeness (QED) is 0.107. The van der Waals surface area contributed by atoms with Crippen molar-refractivity contribution in [3.05, 3.63) is 0 Å². The molecule has 0 amide bonds. The molecule has 0 aromatic rings. The Hall–Kier alpha value is -1.89. The van der Waals surface area contributed by atoms with E-state index in [1.165, 1.54) is 39.5 Å². The summed E-state index contributed by atoms with van der Waals surface area (Å²) in [6, 6.07) is 0. The molecule has 0 radical (unpaired) electrons. The monoisotopic (exact) mass is 1350 g/mol. The molecule has 2 atom stereocenters. The van der Waals surface area contributed by atoms with Gasteiger partial charge in [-0.15, -0.1) is 0 Å². The predicted octanol–water partition coefficient (Wildman–Crippen LogP) is 29.5. The first-order valence-electron chi connectivity index (χ1n) is 29.6. The van der Waals surface area contributed by atoms with E-state index in [1.54, 1.807) is 6.92 Å². The van der Waals surface area contributed by atoms with Gasteiger partial charge in [0.05, 0.1) is 11.8 Å². The standard InChI is InChI=1S/C7H13F3.2C6H8F6.2C6H11F3.4C6H14.C5H6F6/c1-2-3-4-5-6-7(8,9)10;1-4(6(10,11)12)2-3-5(7,8)9;1-2-3-4(5(7,8)9)6(10,11)12;1-3-4-5(2)6(7,8)9;1-2-3-4-5-6(7,8)9;2*1-5-6(2,3)4;1-5(2)6(3)4;1-4-6(3)5-2;1-3(2,4(6,7)8)5(9,10)11/h2-6H2,1H3;2*4H,2-3H2,1H3;5H,3-4H2,1-2H3;2-5H2,1H3;2*5H2,1-4H3;5-6H,1-4H3;6H,4-5H2,1-3H3;1-2H3. The lowest BCUT2D eigenvalue weighted by Crippen LogP contribution is -2.44. The maximum Gasteiger partial charge on any atom is 0.402 e. The summed E-state index contributed by atoms with van der Waals surface area (Å²) >= 11 is 0. The molecule has 0 saturated carbocycles. The molecule has 2 unspecified atom stereocenters. The fourth-order valence-corrected chi connectivity index (χ4v) is 3.72. The summed E-state index contributed by atoms with van der Waals surface area (Å²) in [5, 5.41) is 0. The molecule has 0 N–H and O–H groups in total. The molecule has 0 aromatic heterocycles. The van der Waals surface area contributed by atoms with Gasteiger partial charge in [-0.05, 0) is 74.5 Å². The molecule has 0 bridgehead atoms. The van der Waals surface area contributed by atoms with Crippen molar-refractivity contribution >= 4 is 0 Å². The Morgan fingerprint density at radius 1 is 0.276 bits per heavy atom. The van der Waals surface area contributed by atoms with Crippen molar-refractivity contribution in [1.29, 1.82) is 0 Å². The van der Waals surface area contributed by atoms with Crippen LogP contribution in [0.25, 0.3) is 0 Å². The molecule has 27 heteroatoms.